The van der Waals surface area contributed by atoms with Gasteiger partial charge in [0.1, 0.15) is 0 Å². The zero-order valence-corrected chi connectivity index (χ0v) is 14.7. The Kier molecular flexibility index (Phi) is 7.24. The number of hydrogen-bond donors (Lipinski definition) is 0. The summed E-state index contributed by atoms with van der Waals surface area (Å²) in [4.78, 5) is 19.2. The lowest BCUT2D eigenvalue weighted by atomic mass is 9.86. The number of alkyl halides is 1. The second-order valence-corrected chi connectivity index (χ2v) is 6.94. The van der Waals surface area contributed by atoms with E-state index in [2.05, 4.69) is 16.8 Å². The van der Waals surface area contributed by atoms with Crippen LogP contribution in [0.2, 0.25) is 0 Å². The van der Waals surface area contributed by atoms with Gasteiger partial charge in [0.25, 0.3) is 0 Å². The third kappa shape index (κ3) is 4.88. The van der Waals surface area contributed by atoms with Crippen molar-refractivity contribution >= 4 is 5.91 Å². The summed E-state index contributed by atoms with van der Waals surface area (Å²) in [5, 5.41) is 0. The number of nitrogens with zero attached hydrogens (tertiary/aromatic N) is 3. The van der Waals surface area contributed by atoms with Crippen molar-refractivity contribution in [3.8, 4) is 0 Å². The highest BCUT2D eigenvalue weighted by Crippen LogP contribution is 2.32. The topological polar surface area (TPSA) is 36.0 Å². The van der Waals surface area contributed by atoms with Crippen LogP contribution in [0.15, 0.2) is 0 Å². The summed E-state index contributed by atoms with van der Waals surface area (Å²) in [5.41, 5.74) is 0.0887. The van der Waals surface area contributed by atoms with Gasteiger partial charge in [0.15, 0.2) is 0 Å². The Hall–Kier alpha value is -0.720. The Morgan fingerprint density at radius 2 is 2.00 bits per heavy atom. The van der Waals surface area contributed by atoms with Crippen LogP contribution in [0.25, 0.3) is 0 Å². The first-order chi connectivity index (χ1) is 11.1. The van der Waals surface area contributed by atoms with E-state index in [4.69, 9.17) is 4.74 Å². The van der Waals surface area contributed by atoms with Gasteiger partial charge in [-0.3, -0.25) is 14.1 Å². The molecule has 1 amide bonds. The normalized spacial score (nSPS) is 27.6. The van der Waals surface area contributed by atoms with E-state index in [0.29, 0.717) is 26.0 Å². The molecule has 6 heteroatoms. The van der Waals surface area contributed by atoms with Crippen LogP contribution in [0.3, 0.4) is 0 Å². The first kappa shape index (κ1) is 18.6. The van der Waals surface area contributed by atoms with E-state index < -0.39 is 0 Å². The first-order valence-corrected chi connectivity index (χ1v) is 8.87. The molecule has 2 aliphatic rings. The quantitative estimate of drug-likeness (QED) is 0.661. The summed E-state index contributed by atoms with van der Waals surface area (Å²) < 4.78 is 17.4. The molecule has 0 aromatic heterocycles. The number of rotatable bonds is 7. The number of carbonyl (C=O) groups is 1. The largest absolute Gasteiger partial charge is 0.383 e. The lowest BCUT2D eigenvalue weighted by molar-refractivity contribution is -0.131. The summed E-state index contributed by atoms with van der Waals surface area (Å²) in [6.45, 7) is 5.93. The van der Waals surface area contributed by atoms with E-state index in [9.17, 15) is 9.18 Å². The summed E-state index contributed by atoms with van der Waals surface area (Å²) in [7, 11) is 3.86. The van der Waals surface area contributed by atoms with Crippen molar-refractivity contribution in [1.82, 2.24) is 14.7 Å². The number of methoxy groups -OCH3 is 1. The molecule has 1 spiro atoms. The number of piperazine rings is 1. The summed E-state index contributed by atoms with van der Waals surface area (Å²) in [5.74, 6) is 0.252. The maximum Gasteiger partial charge on any atom is 0.222 e. The molecule has 2 aliphatic heterocycles. The van der Waals surface area contributed by atoms with E-state index in [1.54, 1.807) is 7.11 Å². The van der Waals surface area contributed by atoms with E-state index in [1.165, 1.54) is 0 Å². The average Bonchev–Trinajstić information content (AvgIpc) is 2.70. The molecular weight excluding hydrogens is 297 g/mol. The highest BCUT2D eigenvalue weighted by atomic mass is 19.1. The van der Waals surface area contributed by atoms with Crippen molar-refractivity contribution in [3.05, 3.63) is 0 Å². The molecule has 0 aliphatic carbocycles. The van der Waals surface area contributed by atoms with Crippen LogP contribution in [0.1, 0.15) is 32.1 Å². The van der Waals surface area contributed by atoms with Crippen LogP contribution in [0.5, 0.6) is 0 Å². The van der Waals surface area contributed by atoms with Gasteiger partial charge >= 0.3 is 0 Å². The molecule has 1 atom stereocenters. The standard InChI is InChI=1S/C17H32FN3O2/c1-19-11-12-20(9-4-3-8-18)15-17(19)6-5-16(22)21(10-7-17)13-14-23-2/h3-15H2,1-2H3/t17-/m0/s1. The van der Waals surface area contributed by atoms with E-state index in [1.807, 2.05) is 4.90 Å². The lowest BCUT2D eigenvalue weighted by Crippen LogP contribution is -2.61. The van der Waals surface area contributed by atoms with Crippen molar-refractivity contribution in [1.29, 1.82) is 0 Å². The Morgan fingerprint density at radius 1 is 1.17 bits per heavy atom. The fourth-order valence-corrected chi connectivity index (χ4v) is 3.83. The van der Waals surface area contributed by atoms with Gasteiger partial charge in [0, 0.05) is 51.8 Å². The van der Waals surface area contributed by atoms with Crippen LogP contribution in [0.4, 0.5) is 4.39 Å². The number of hydrogen-bond acceptors (Lipinski definition) is 4. The Morgan fingerprint density at radius 3 is 2.74 bits per heavy atom. The number of carbonyl (C=O) groups excluding carboxylic acids is 1. The van der Waals surface area contributed by atoms with Crippen LogP contribution in [-0.2, 0) is 9.53 Å². The average molecular weight is 329 g/mol. The van der Waals surface area contributed by atoms with Crippen LogP contribution >= 0.6 is 0 Å². The minimum Gasteiger partial charge on any atom is -0.383 e. The molecule has 23 heavy (non-hydrogen) atoms. The van der Waals surface area contributed by atoms with Gasteiger partial charge < -0.3 is 14.5 Å². The smallest absolute Gasteiger partial charge is 0.222 e. The molecule has 0 radical (unpaired) electrons. The molecule has 134 valence electrons. The Labute approximate surface area is 139 Å². The van der Waals surface area contributed by atoms with Crippen molar-refractivity contribution < 1.29 is 13.9 Å². The number of unbranched alkanes of at least 4 members (excludes halogenated alkanes) is 1. The number of likely N-dealkylation sites (tertiary alicyclic amines) is 1. The predicted octanol–water partition coefficient (Wildman–Crippen LogP) is 1.38. The van der Waals surface area contributed by atoms with Crippen LogP contribution < -0.4 is 0 Å². The summed E-state index contributed by atoms with van der Waals surface area (Å²) in [6.07, 6.45) is 4.13. The third-order valence-electron chi connectivity index (χ3n) is 5.51. The molecule has 2 rings (SSSR count). The number of likely N-dealkylation sites (N-methyl/N-ethyl adjacent to an activating group) is 1. The molecule has 0 aromatic rings. The fraction of sp³-hybridized carbons (Fsp3) is 0.941. The van der Waals surface area contributed by atoms with Gasteiger partial charge in [-0.15, -0.1) is 0 Å². The van der Waals surface area contributed by atoms with Gasteiger partial charge in [-0.25, -0.2) is 0 Å². The molecule has 5 nitrogen and oxygen atoms in total. The number of halogens is 1. The molecule has 0 unspecified atom stereocenters. The van der Waals surface area contributed by atoms with Gasteiger partial charge in [0.2, 0.25) is 5.91 Å². The zero-order chi connectivity index (χ0) is 16.7. The van der Waals surface area contributed by atoms with Gasteiger partial charge in [-0.2, -0.15) is 0 Å². The number of amides is 1. The Balaban J connectivity index is 1.96. The monoisotopic (exact) mass is 329 g/mol. The molecule has 0 saturated carbocycles. The lowest BCUT2D eigenvalue weighted by Gasteiger charge is -2.49. The highest BCUT2D eigenvalue weighted by molar-refractivity contribution is 5.76. The summed E-state index contributed by atoms with van der Waals surface area (Å²) in [6, 6.07) is 0. The van der Waals surface area contributed by atoms with Crippen molar-refractivity contribution in [3.63, 3.8) is 0 Å². The van der Waals surface area contributed by atoms with Crippen LogP contribution in [0, 0.1) is 0 Å². The van der Waals surface area contributed by atoms with Crippen molar-refractivity contribution in [2.75, 3.05) is 66.7 Å². The van der Waals surface area contributed by atoms with Crippen molar-refractivity contribution in [2.24, 2.45) is 0 Å². The van der Waals surface area contributed by atoms with Gasteiger partial charge in [0.05, 0.1) is 13.3 Å². The third-order valence-corrected chi connectivity index (χ3v) is 5.51. The minimum absolute atomic E-state index is 0.0887. The van der Waals surface area contributed by atoms with E-state index in [0.717, 1.165) is 52.0 Å². The molecule has 0 bridgehead atoms. The Bertz CT molecular complexity index is 383. The minimum atomic E-state index is -0.220. The fourth-order valence-electron chi connectivity index (χ4n) is 3.83. The van der Waals surface area contributed by atoms with Gasteiger partial charge in [-0.1, -0.05) is 0 Å². The molecule has 0 aromatic carbocycles. The predicted molar refractivity (Wildman–Crippen MR) is 89.3 cm³/mol. The van der Waals surface area contributed by atoms with Crippen molar-refractivity contribution in [2.45, 2.75) is 37.6 Å². The number of ether oxygens (including phenoxy) is 1. The molecule has 2 heterocycles. The summed E-state index contributed by atoms with van der Waals surface area (Å²) >= 11 is 0. The molecular formula is C17H32FN3O2. The SMILES string of the molecule is COCCN1CC[C@@]2(CCC1=O)CN(CCCCF)CCN2C. The van der Waals surface area contributed by atoms with Gasteiger partial charge in [-0.05, 0) is 39.3 Å². The molecule has 2 fully saturated rings. The zero-order valence-electron chi connectivity index (χ0n) is 14.7. The second kappa shape index (κ2) is 8.94. The maximum absolute atomic E-state index is 12.3. The maximum atomic E-state index is 12.3. The van der Waals surface area contributed by atoms with E-state index in [-0.39, 0.29) is 18.1 Å². The first-order valence-electron chi connectivity index (χ1n) is 8.87. The highest BCUT2D eigenvalue weighted by Gasteiger charge is 2.41. The molecule has 2 saturated heterocycles. The molecule has 0 N–H and O–H groups in total. The second-order valence-electron chi connectivity index (χ2n) is 6.94. The van der Waals surface area contributed by atoms with Crippen LogP contribution in [-0.4, -0.2) is 92.9 Å². The van der Waals surface area contributed by atoms with E-state index >= 15 is 0 Å².